The van der Waals surface area contributed by atoms with Crippen LogP contribution in [0.1, 0.15) is 33.4 Å². The first-order valence-electron chi connectivity index (χ1n) is 8.10. The fraction of sp³-hybridized carbons (Fsp3) is 0.400. The van der Waals surface area contributed by atoms with Crippen LogP contribution in [0.5, 0.6) is 11.5 Å². The third-order valence-electron chi connectivity index (χ3n) is 4.51. The lowest BCUT2D eigenvalue weighted by molar-refractivity contribution is 0.410. The molecular formula is C20H24O2S2. The van der Waals surface area contributed by atoms with E-state index in [-0.39, 0.29) is 0 Å². The predicted octanol–water partition coefficient (Wildman–Crippen LogP) is 5.50. The molecule has 4 bridgehead atoms. The van der Waals surface area contributed by atoms with Crippen LogP contribution in [-0.2, 0) is 23.0 Å². The molecule has 0 saturated carbocycles. The van der Waals surface area contributed by atoms with E-state index in [9.17, 15) is 0 Å². The highest BCUT2D eigenvalue weighted by Crippen LogP contribution is 2.35. The molecule has 0 aromatic heterocycles. The molecule has 0 aliphatic carbocycles. The van der Waals surface area contributed by atoms with Crippen LogP contribution in [0.2, 0.25) is 0 Å². The molecule has 128 valence electrons. The number of hydrogen-bond donors (Lipinski definition) is 0. The molecule has 2 nitrogen and oxygen atoms in total. The molecule has 0 atom stereocenters. The van der Waals surface area contributed by atoms with Crippen molar-refractivity contribution in [3.05, 3.63) is 57.6 Å². The van der Waals surface area contributed by atoms with E-state index in [1.165, 1.54) is 33.4 Å². The van der Waals surface area contributed by atoms with Gasteiger partial charge in [0.1, 0.15) is 11.5 Å². The Kier molecular flexibility index (Phi) is 5.67. The summed E-state index contributed by atoms with van der Waals surface area (Å²) < 4.78 is 11.3. The Morgan fingerprint density at radius 3 is 1.38 bits per heavy atom. The molecule has 24 heavy (non-hydrogen) atoms. The van der Waals surface area contributed by atoms with Gasteiger partial charge in [0.15, 0.2) is 0 Å². The van der Waals surface area contributed by atoms with Gasteiger partial charge in [0.05, 0.1) is 14.2 Å². The summed E-state index contributed by atoms with van der Waals surface area (Å²) in [4.78, 5) is 0. The van der Waals surface area contributed by atoms with Crippen LogP contribution in [0.25, 0.3) is 0 Å². The van der Waals surface area contributed by atoms with Gasteiger partial charge in [-0.25, -0.2) is 0 Å². The van der Waals surface area contributed by atoms with Gasteiger partial charge in [-0.05, 0) is 48.2 Å². The van der Waals surface area contributed by atoms with Crippen LogP contribution >= 0.6 is 23.5 Å². The molecule has 4 aliphatic heterocycles. The highest BCUT2D eigenvalue weighted by Gasteiger charge is 2.13. The fourth-order valence-corrected chi connectivity index (χ4v) is 5.20. The van der Waals surface area contributed by atoms with E-state index in [1.54, 1.807) is 14.2 Å². The summed E-state index contributed by atoms with van der Waals surface area (Å²) >= 11 is 3.86. The molecule has 0 saturated heterocycles. The molecule has 4 aliphatic rings. The highest BCUT2D eigenvalue weighted by molar-refractivity contribution is 7.98. The van der Waals surface area contributed by atoms with Crippen LogP contribution in [0, 0.1) is 13.8 Å². The maximum absolute atomic E-state index is 5.63. The molecule has 0 unspecified atom stereocenters. The Hall–Kier alpha value is -1.26. The van der Waals surface area contributed by atoms with Crippen LogP contribution in [0.15, 0.2) is 24.3 Å². The largest absolute Gasteiger partial charge is 0.496 e. The van der Waals surface area contributed by atoms with E-state index in [0.717, 1.165) is 34.5 Å². The minimum absolute atomic E-state index is 0.946. The number of ether oxygens (including phenoxy) is 2. The molecule has 0 radical (unpaired) electrons. The van der Waals surface area contributed by atoms with Gasteiger partial charge in [-0.2, -0.15) is 23.5 Å². The van der Waals surface area contributed by atoms with E-state index < -0.39 is 0 Å². The topological polar surface area (TPSA) is 18.5 Å². The molecule has 2 aromatic carbocycles. The lowest BCUT2D eigenvalue weighted by Gasteiger charge is -2.17. The zero-order chi connectivity index (χ0) is 17.1. The van der Waals surface area contributed by atoms with E-state index >= 15 is 0 Å². The molecule has 4 heteroatoms. The SMILES string of the molecule is COc1cc2c(C)cc1CSCc1cc(C)c(cc1OC)CSC2. The molecule has 0 fully saturated rings. The second-order valence-corrected chi connectivity index (χ2v) is 8.14. The second kappa shape index (κ2) is 7.75. The summed E-state index contributed by atoms with van der Waals surface area (Å²) in [5.41, 5.74) is 8.00. The maximum atomic E-state index is 5.63. The van der Waals surface area contributed by atoms with Crippen molar-refractivity contribution in [1.29, 1.82) is 0 Å². The number of hydrogen-bond acceptors (Lipinski definition) is 4. The zero-order valence-electron chi connectivity index (χ0n) is 14.8. The van der Waals surface area contributed by atoms with Gasteiger partial charge in [0, 0.05) is 34.1 Å². The van der Waals surface area contributed by atoms with E-state index in [4.69, 9.17) is 9.47 Å². The smallest absolute Gasteiger partial charge is 0.123 e. The minimum atomic E-state index is 0.946. The van der Waals surface area contributed by atoms with Gasteiger partial charge in [0.2, 0.25) is 0 Å². The summed E-state index contributed by atoms with van der Waals surface area (Å²) in [7, 11) is 3.53. The number of methoxy groups -OCH3 is 2. The Morgan fingerprint density at radius 2 is 1.00 bits per heavy atom. The van der Waals surface area contributed by atoms with Crippen molar-refractivity contribution in [3.8, 4) is 11.5 Å². The summed E-state index contributed by atoms with van der Waals surface area (Å²) in [6.07, 6.45) is 0. The first-order chi connectivity index (χ1) is 11.6. The molecule has 4 heterocycles. The Balaban J connectivity index is 1.98. The summed E-state index contributed by atoms with van der Waals surface area (Å²) in [5.74, 6) is 5.91. The average Bonchev–Trinajstić information content (AvgIpc) is 2.58. The summed E-state index contributed by atoms with van der Waals surface area (Å²) in [6.45, 7) is 4.41. The van der Waals surface area contributed by atoms with Crippen molar-refractivity contribution < 1.29 is 9.47 Å². The first kappa shape index (κ1) is 17.6. The molecule has 0 N–H and O–H groups in total. The van der Waals surface area contributed by atoms with Crippen LogP contribution < -0.4 is 9.47 Å². The second-order valence-electron chi connectivity index (χ2n) is 6.17. The standard InChI is InChI=1S/C20H24O2S2/c1-13-5-17-11-24-12-18-6-14(2)16(8-20(18)22-4)10-23-9-15(13)7-19(17)21-3/h5-8H,9-12H2,1-4H3. The first-order valence-corrected chi connectivity index (χ1v) is 10.4. The third-order valence-corrected chi connectivity index (χ3v) is 6.57. The number of benzene rings is 2. The van der Waals surface area contributed by atoms with Gasteiger partial charge in [-0.3, -0.25) is 0 Å². The molecule has 0 amide bonds. The van der Waals surface area contributed by atoms with Crippen molar-refractivity contribution in [3.63, 3.8) is 0 Å². The van der Waals surface area contributed by atoms with E-state index in [2.05, 4.69) is 38.1 Å². The van der Waals surface area contributed by atoms with Gasteiger partial charge in [0.25, 0.3) is 0 Å². The van der Waals surface area contributed by atoms with Crippen molar-refractivity contribution in [2.45, 2.75) is 36.9 Å². The third kappa shape index (κ3) is 3.70. The Labute approximate surface area is 153 Å². The number of aryl methyl sites for hydroxylation is 2. The normalized spacial score (nSPS) is 14.5. The van der Waals surface area contributed by atoms with Gasteiger partial charge < -0.3 is 9.47 Å². The lowest BCUT2D eigenvalue weighted by Crippen LogP contribution is -1.99. The molecule has 2 aromatic rings. The lowest BCUT2D eigenvalue weighted by atomic mass is 10.1. The van der Waals surface area contributed by atoms with Crippen molar-refractivity contribution in [1.82, 2.24) is 0 Å². The Bertz CT molecular complexity index is 679. The summed E-state index contributed by atoms with van der Waals surface area (Å²) in [5, 5.41) is 0. The van der Waals surface area contributed by atoms with Crippen LogP contribution in [0.4, 0.5) is 0 Å². The minimum Gasteiger partial charge on any atom is -0.496 e. The molecular weight excluding hydrogens is 336 g/mol. The highest BCUT2D eigenvalue weighted by atomic mass is 32.2. The predicted molar refractivity (Wildman–Crippen MR) is 105 cm³/mol. The van der Waals surface area contributed by atoms with Crippen LogP contribution in [0.3, 0.4) is 0 Å². The van der Waals surface area contributed by atoms with Crippen molar-refractivity contribution >= 4 is 23.5 Å². The molecule has 0 spiro atoms. The number of thioether (sulfide) groups is 2. The Morgan fingerprint density at radius 1 is 0.625 bits per heavy atom. The summed E-state index contributed by atoms with van der Waals surface area (Å²) in [6, 6.07) is 9.02. The zero-order valence-corrected chi connectivity index (χ0v) is 16.4. The monoisotopic (exact) mass is 360 g/mol. The maximum Gasteiger partial charge on any atom is 0.123 e. The van der Waals surface area contributed by atoms with Crippen molar-refractivity contribution in [2.24, 2.45) is 0 Å². The van der Waals surface area contributed by atoms with Gasteiger partial charge in [-0.15, -0.1) is 0 Å². The van der Waals surface area contributed by atoms with E-state index in [1.807, 2.05) is 23.5 Å². The quantitative estimate of drug-likeness (QED) is 0.703. The van der Waals surface area contributed by atoms with Crippen LogP contribution in [-0.4, -0.2) is 14.2 Å². The van der Waals surface area contributed by atoms with E-state index in [0.29, 0.717) is 0 Å². The van der Waals surface area contributed by atoms with Gasteiger partial charge in [-0.1, -0.05) is 12.1 Å². The average molecular weight is 361 g/mol. The molecule has 6 rings (SSSR count). The van der Waals surface area contributed by atoms with Gasteiger partial charge >= 0.3 is 0 Å². The number of rotatable bonds is 2. The fourth-order valence-electron chi connectivity index (χ4n) is 3.04. The van der Waals surface area contributed by atoms with Crippen molar-refractivity contribution in [2.75, 3.05) is 14.2 Å².